The summed E-state index contributed by atoms with van der Waals surface area (Å²) in [5.41, 5.74) is 7.05. The molecule has 1 aliphatic heterocycles. The number of rotatable bonds is 4. The first-order valence-corrected chi connectivity index (χ1v) is 7.33. The second-order valence-electron chi connectivity index (χ2n) is 5.96. The molecule has 1 aromatic carbocycles. The van der Waals surface area contributed by atoms with Gasteiger partial charge in [-0.15, -0.1) is 0 Å². The van der Waals surface area contributed by atoms with Crippen LogP contribution >= 0.6 is 0 Å². The lowest BCUT2D eigenvalue weighted by Gasteiger charge is -2.30. The minimum atomic E-state index is -0.501. The SMILES string of the molecule is CC(C)C1CCCN1C(=O)[C@@H](N)Cc1ccc(O)cc1. The van der Waals surface area contributed by atoms with E-state index in [4.69, 9.17) is 5.73 Å². The van der Waals surface area contributed by atoms with Gasteiger partial charge in [0, 0.05) is 12.6 Å². The van der Waals surface area contributed by atoms with Crippen LogP contribution in [0.25, 0.3) is 0 Å². The molecule has 1 heterocycles. The fourth-order valence-corrected chi connectivity index (χ4v) is 2.95. The number of carbonyl (C=O) groups is 1. The highest BCUT2D eigenvalue weighted by atomic mass is 16.3. The highest BCUT2D eigenvalue weighted by Gasteiger charge is 2.33. The second-order valence-corrected chi connectivity index (χ2v) is 5.96. The molecule has 1 amide bonds. The number of phenols is 1. The summed E-state index contributed by atoms with van der Waals surface area (Å²) in [5, 5.41) is 9.26. The number of phenolic OH excluding ortho intramolecular Hbond substituents is 1. The molecule has 0 radical (unpaired) electrons. The Hall–Kier alpha value is -1.55. The van der Waals surface area contributed by atoms with Crippen molar-refractivity contribution in [1.29, 1.82) is 0 Å². The minimum absolute atomic E-state index is 0.0503. The van der Waals surface area contributed by atoms with E-state index in [1.807, 2.05) is 17.0 Å². The summed E-state index contributed by atoms with van der Waals surface area (Å²) in [6.45, 7) is 5.13. The fraction of sp³-hybridized carbons (Fsp3) is 0.562. The molecule has 0 spiro atoms. The zero-order valence-corrected chi connectivity index (χ0v) is 12.2. The number of amides is 1. The summed E-state index contributed by atoms with van der Waals surface area (Å²) in [6.07, 6.45) is 2.66. The van der Waals surface area contributed by atoms with Gasteiger partial charge in [0.05, 0.1) is 6.04 Å². The van der Waals surface area contributed by atoms with Crippen LogP contribution < -0.4 is 5.73 Å². The summed E-state index contributed by atoms with van der Waals surface area (Å²) in [5.74, 6) is 0.754. The monoisotopic (exact) mass is 276 g/mol. The maximum Gasteiger partial charge on any atom is 0.240 e. The van der Waals surface area contributed by atoms with E-state index in [0.717, 1.165) is 24.9 Å². The van der Waals surface area contributed by atoms with Crippen molar-refractivity contribution in [2.24, 2.45) is 11.7 Å². The van der Waals surface area contributed by atoms with Crippen molar-refractivity contribution in [2.75, 3.05) is 6.54 Å². The molecule has 1 saturated heterocycles. The van der Waals surface area contributed by atoms with Crippen molar-refractivity contribution >= 4 is 5.91 Å². The zero-order chi connectivity index (χ0) is 14.7. The number of hydrogen-bond acceptors (Lipinski definition) is 3. The number of aromatic hydroxyl groups is 1. The molecule has 2 rings (SSSR count). The van der Waals surface area contributed by atoms with Crippen molar-refractivity contribution < 1.29 is 9.90 Å². The molecule has 3 N–H and O–H groups in total. The van der Waals surface area contributed by atoms with Crippen LogP contribution in [0.1, 0.15) is 32.3 Å². The van der Waals surface area contributed by atoms with Gasteiger partial charge in [-0.25, -0.2) is 0 Å². The standard InChI is InChI=1S/C16H24N2O2/c1-11(2)15-4-3-9-18(15)16(20)14(17)10-12-5-7-13(19)8-6-12/h5-8,11,14-15,19H,3-4,9-10,17H2,1-2H3/t14-,15?/m0/s1. The van der Waals surface area contributed by atoms with Gasteiger partial charge < -0.3 is 15.7 Å². The van der Waals surface area contributed by atoms with Gasteiger partial charge in [0.25, 0.3) is 0 Å². The first kappa shape index (κ1) is 14.9. The maximum absolute atomic E-state index is 12.5. The van der Waals surface area contributed by atoms with Crippen molar-refractivity contribution in [3.63, 3.8) is 0 Å². The first-order valence-electron chi connectivity index (χ1n) is 7.33. The molecule has 20 heavy (non-hydrogen) atoms. The van der Waals surface area contributed by atoms with Crippen LogP contribution in [0.5, 0.6) is 5.75 Å². The predicted molar refractivity (Wildman–Crippen MR) is 79.4 cm³/mol. The quantitative estimate of drug-likeness (QED) is 0.882. The van der Waals surface area contributed by atoms with E-state index in [1.54, 1.807) is 12.1 Å². The van der Waals surface area contributed by atoms with Crippen LogP contribution in [0.2, 0.25) is 0 Å². The highest BCUT2D eigenvalue weighted by Crippen LogP contribution is 2.24. The third kappa shape index (κ3) is 3.31. The molecule has 0 aliphatic carbocycles. The Balaban J connectivity index is 1.99. The lowest BCUT2D eigenvalue weighted by atomic mass is 10.0. The Kier molecular flexibility index (Phi) is 4.65. The topological polar surface area (TPSA) is 66.6 Å². The summed E-state index contributed by atoms with van der Waals surface area (Å²) in [7, 11) is 0. The fourth-order valence-electron chi connectivity index (χ4n) is 2.95. The normalized spacial score (nSPS) is 20.4. The highest BCUT2D eigenvalue weighted by molar-refractivity contribution is 5.82. The van der Waals surface area contributed by atoms with Gasteiger partial charge in [-0.2, -0.15) is 0 Å². The third-order valence-electron chi connectivity index (χ3n) is 4.06. The van der Waals surface area contributed by atoms with Crippen LogP contribution in [-0.2, 0) is 11.2 Å². The first-order chi connectivity index (χ1) is 9.49. The van der Waals surface area contributed by atoms with Gasteiger partial charge in [-0.05, 0) is 42.9 Å². The third-order valence-corrected chi connectivity index (χ3v) is 4.06. The molecule has 2 atom stereocenters. The van der Waals surface area contributed by atoms with Crippen molar-refractivity contribution in [1.82, 2.24) is 4.90 Å². The van der Waals surface area contributed by atoms with Gasteiger partial charge in [-0.3, -0.25) is 4.79 Å². The Morgan fingerprint density at radius 3 is 2.65 bits per heavy atom. The van der Waals surface area contributed by atoms with E-state index in [9.17, 15) is 9.90 Å². The summed E-state index contributed by atoms with van der Waals surface area (Å²) in [4.78, 5) is 14.4. The van der Waals surface area contributed by atoms with Crippen LogP contribution in [0.4, 0.5) is 0 Å². The van der Waals surface area contributed by atoms with Crippen molar-refractivity contribution in [3.05, 3.63) is 29.8 Å². The molecular formula is C16H24N2O2. The Morgan fingerprint density at radius 2 is 2.05 bits per heavy atom. The molecule has 1 aromatic rings. The number of carbonyl (C=O) groups excluding carboxylic acids is 1. The van der Waals surface area contributed by atoms with Gasteiger partial charge in [-0.1, -0.05) is 26.0 Å². The molecule has 1 fully saturated rings. The van der Waals surface area contributed by atoms with E-state index in [0.29, 0.717) is 18.4 Å². The maximum atomic E-state index is 12.5. The molecule has 110 valence electrons. The minimum Gasteiger partial charge on any atom is -0.508 e. The summed E-state index contributed by atoms with van der Waals surface area (Å²) in [6, 6.07) is 6.70. The van der Waals surface area contributed by atoms with E-state index < -0.39 is 6.04 Å². The number of nitrogens with two attached hydrogens (primary N) is 1. The Morgan fingerprint density at radius 1 is 1.40 bits per heavy atom. The molecule has 0 aromatic heterocycles. The second kappa shape index (κ2) is 6.27. The molecule has 4 heteroatoms. The zero-order valence-electron chi connectivity index (χ0n) is 12.2. The predicted octanol–water partition coefficient (Wildman–Crippen LogP) is 1.91. The molecule has 1 unspecified atom stereocenters. The van der Waals surface area contributed by atoms with Crippen LogP contribution in [0.15, 0.2) is 24.3 Å². The van der Waals surface area contributed by atoms with Gasteiger partial charge in [0.15, 0.2) is 0 Å². The lowest BCUT2D eigenvalue weighted by molar-refractivity contribution is -0.134. The molecule has 0 bridgehead atoms. The van der Waals surface area contributed by atoms with E-state index in [-0.39, 0.29) is 11.7 Å². The van der Waals surface area contributed by atoms with Crippen LogP contribution in [0.3, 0.4) is 0 Å². The average molecular weight is 276 g/mol. The largest absolute Gasteiger partial charge is 0.508 e. The summed E-state index contributed by atoms with van der Waals surface area (Å²) >= 11 is 0. The summed E-state index contributed by atoms with van der Waals surface area (Å²) < 4.78 is 0. The van der Waals surface area contributed by atoms with Crippen molar-refractivity contribution in [2.45, 2.75) is 45.2 Å². The van der Waals surface area contributed by atoms with Crippen LogP contribution in [0, 0.1) is 5.92 Å². The lowest BCUT2D eigenvalue weighted by Crippen LogP contribution is -2.48. The smallest absolute Gasteiger partial charge is 0.240 e. The Labute approximate surface area is 120 Å². The molecule has 4 nitrogen and oxygen atoms in total. The van der Waals surface area contributed by atoms with Crippen molar-refractivity contribution in [3.8, 4) is 5.75 Å². The van der Waals surface area contributed by atoms with E-state index >= 15 is 0 Å². The van der Waals surface area contributed by atoms with Gasteiger partial charge >= 0.3 is 0 Å². The number of likely N-dealkylation sites (tertiary alicyclic amines) is 1. The van der Waals surface area contributed by atoms with Gasteiger partial charge in [0.2, 0.25) is 5.91 Å². The average Bonchev–Trinajstić information content (AvgIpc) is 2.90. The van der Waals surface area contributed by atoms with Crippen LogP contribution in [-0.4, -0.2) is 34.5 Å². The number of nitrogens with zero attached hydrogens (tertiary/aromatic N) is 1. The van der Waals surface area contributed by atoms with E-state index in [2.05, 4.69) is 13.8 Å². The molecule has 1 aliphatic rings. The molecule has 0 saturated carbocycles. The molecular weight excluding hydrogens is 252 g/mol. The van der Waals surface area contributed by atoms with Gasteiger partial charge in [0.1, 0.15) is 5.75 Å². The van der Waals surface area contributed by atoms with E-state index in [1.165, 1.54) is 0 Å². The Bertz CT molecular complexity index is 456. The number of hydrogen-bond donors (Lipinski definition) is 2. The number of benzene rings is 1.